The lowest BCUT2D eigenvalue weighted by molar-refractivity contribution is 0.402. The van der Waals surface area contributed by atoms with Crippen molar-refractivity contribution >= 4 is 163 Å². The van der Waals surface area contributed by atoms with E-state index in [1.165, 1.54) is 19.6 Å². The van der Waals surface area contributed by atoms with Crippen molar-refractivity contribution < 1.29 is 0 Å². The molecule has 0 aromatic heterocycles. The van der Waals surface area contributed by atoms with E-state index in [0.29, 0.717) is 0 Å². The molecule has 0 aliphatic carbocycles. The van der Waals surface area contributed by atoms with Crippen LogP contribution >= 0.6 is 0 Å². The molecule has 6 aliphatic rings. The predicted octanol–water partition coefficient (Wildman–Crippen LogP) is 12.8. The Morgan fingerprint density at radius 2 is 0.580 bits per heavy atom. The molecule has 0 radical (unpaired) electrons. The molecule has 0 aromatic rings. The van der Waals surface area contributed by atoms with E-state index >= 15 is 0 Å². The first-order valence-corrected chi connectivity index (χ1v) is 87.2. The summed E-state index contributed by atoms with van der Waals surface area (Å²) in [4.78, 5) is 0. The zero-order valence-electron chi connectivity index (χ0n) is 63.7. The predicted molar refractivity (Wildman–Crippen MR) is 426 cm³/mol. The highest BCUT2D eigenvalue weighted by Gasteiger charge is 2.66. The van der Waals surface area contributed by atoms with Crippen LogP contribution in [0.4, 0.5) is 0 Å². The summed E-state index contributed by atoms with van der Waals surface area (Å²) in [6.07, 6.45) is 0. The third-order valence-electron chi connectivity index (χ3n) is 19.5. The summed E-state index contributed by atoms with van der Waals surface area (Å²) in [5, 5.41) is 0. The van der Waals surface area contributed by atoms with Gasteiger partial charge in [0.25, 0.3) is 0 Å². The minimum Gasteiger partial charge on any atom is -0.352 e. The van der Waals surface area contributed by atoms with Crippen LogP contribution in [0.5, 0.6) is 0 Å². The molecule has 0 spiro atoms. The standard InChI is InChI=1S/C10H28N2Si3.2C9H26N2Si3.C8H26N2Si4.C8H24N2Si3.C6H20N2Si3/c1-10(2)11-14(6,7)12(13(3,4)5)15(11,8)9;1-9-10-13(5,6)11(12(2,3)4)14(10,7)8;1-9(2)10-13(5,6)11(12(3)4)14(10,7)8;1-11-9(13(3,4)5)12(2)10(11)14(6,7)8;1-8-9-12(4,5)10(11(2)3)13(9,6)7;1-6-7-10(4)8(9(2)3)11(7)5/h10H,1-9H3;9H2,1-8H3;9,12H,1-8H3;11-12H,1-8H3;11H,8H2,1-7H3;9-11H,6H2,1-5H3. The van der Waals surface area contributed by atoms with E-state index in [-0.39, 0.29) is 0 Å². The largest absolute Gasteiger partial charge is 0.352 e. The van der Waals surface area contributed by atoms with Crippen LogP contribution in [0.25, 0.3) is 0 Å². The van der Waals surface area contributed by atoms with Crippen LogP contribution in [0.15, 0.2) is 0 Å². The van der Waals surface area contributed by atoms with Crippen LogP contribution in [0.1, 0.15) is 48.5 Å². The van der Waals surface area contributed by atoms with Crippen LogP contribution in [0.2, 0.25) is 249 Å². The molecule has 0 saturated carbocycles. The van der Waals surface area contributed by atoms with Crippen LogP contribution in [-0.2, 0) is 0 Å². The van der Waals surface area contributed by atoms with Crippen LogP contribution in [-0.4, -0.2) is 244 Å². The zero-order chi connectivity index (χ0) is 65.2. The van der Waals surface area contributed by atoms with E-state index in [0.717, 1.165) is 12.1 Å². The number of rotatable bonds is 12. The Hall–Kier alpha value is 3.64. The van der Waals surface area contributed by atoms with Crippen molar-refractivity contribution in [3.8, 4) is 0 Å². The van der Waals surface area contributed by atoms with Gasteiger partial charge in [0, 0.05) is 0 Å². The average molecular weight is 1450 g/mol. The quantitative estimate of drug-likeness (QED) is 0.175. The Labute approximate surface area is 536 Å². The van der Waals surface area contributed by atoms with Crippen molar-refractivity contribution in [3.63, 3.8) is 0 Å². The third-order valence-corrected chi connectivity index (χ3v) is 144. The minimum atomic E-state index is -1.25. The maximum Gasteiger partial charge on any atom is 0.182 e. The van der Waals surface area contributed by atoms with E-state index < -0.39 is 163 Å². The average Bonchev–Trinajstić information content (AvgIpc) is 3.13. The lowest BCUT2D eigenvalue weighted by atomic mass is 10.4. The summed E-state index contributed by atoms with van der Waals surface area (Å²) in [6.45, 7) is 116. The van der Waals surface area contributed by atoms with E-state index in [1.54, 1.807) is 0 Å². The van der Waals surface area contributed by atoms with Gasteiger partial charge in [0.1, 0.15) is 32.9 Å². The normalized spacial score (nSPS) is 29.0. The van der Waals surface area contributed by atoms with Gasteiger partial charge in [-0.2, -0.15) is 0 Å². The van der Waals surface area contributed by atoms with E-state index in [2.05, 4.69) is 346 Å². The lowest BCUT2D eigenvalue weighted by Gasteiger charge is -2.73. The first kappa shape index (κ1) is 82.7. The van der Waals surface area contributed by atoms with Crippen LogP contribution in [0, 0.1) is 0 Å². The maximum absolute atomic E-state index is 3.02. The zero-order valence-corrected chi connectivity index (χ0v) is 83.8. The fourth-order valence-corrected chi connectivity index (χ4v) is 173. The molecule has 6 rings (SSSR count). The van der Waals surface area contributed by atoms with Gasteiger partial charge in [-0.05, 0) is 163 Å². The SMILES string of the molecule is CC(C)N1[Si](C)(C)N([SiH](C)C)[Si]1(C)C.CC(C)N1[Si](C)(C)N([Si](C)(C)C)[Si]1(C)C.CCN1[SiH](C)N([SiH](C)C)[SiH]1C.CCN1[Si](C)(C)N([SiH](C)C)[Si]1(C)C.CCN1[Si](C)(C)N([Si](C)(C)C)[Si]1(C)C.C[SiH]1N([Si](C)(C)C)[SiH](C)N1[Si](C)(C)C. The summed E-state index contributed by atoms with van der Waals surface area (Å²) < 4.78 is 35.3. The molecule has 486 valence electrons. The van der Waals surface area contributed by atoms with Crippen LogP contribution in [0.3, 0.4) is 0 Å². The summed E-state index contributed by atoms with van der Waals surface area (Å²) in [6, 6.07) is 1.49. The fourth-order valence-electron chi connectivity index (χ4n) is 21.4. The molecule has 0 N–H and O–H groups in total. The Morgan fingerprint density at radius 1 is 0.333 bits per heavy atom. The van der Waals surface area contributed by atoms with Gasteiger partial charge >= 0.3 is 0 Å². The minimum absolute atomic E-state index is 0.431. The van der Waals surface area contributed by atoms with Crippen molar-refractivity contribution in [1.29, 1.82) is 0 Å². The molecule has 2 unspecified atom stereocenters. The topological polar surface area (TPSA) is 38.9 Å². The van der Waals surface area contributed by atoms with Gasteiger partial charge in [0.2, 0.25) is 0 Å². The number of hydrogen-bond donors (Lipinski definition) is 0. The van der Waals surface area contributed by atoms with Crippen molar-refractivity contribution in [3.05, 3.63) is 0 Å². The Morgan fingerprint density at radius 3 is 0.790 bits per heavy atom. The molecule has 2 atom stereocenters. The molecule has 6 saturated heterocycles. The highest BCUT2D eigenvalue weighted by molar-refractivity contribution is 7.15. The molecule has 6 heterocycles. The molecule has 81 heavy (non-hydrogen) atoms. The van der Waals surface area contributed by atoms with Gasteiger partial charge in [-0.25, -0.2) is 0 Å². The van der Waals surface area contributed by atoms with E-state index in [9.17, 15) is 0 Å². The van der Waals surface area contributed by atoms with Crippen molar-refractivity contribution in [2.75, 3.05) is 19.6 Å². The first-order valence-electron chi connectivity index (χ1n) is 33.0. The van der Waals surface area contributed by atoms with Gasteiger partial charge in [0.05, 0.1) is 26.9 Å². The highest BCUT2D eigenvalue weighted by Crippen LogP contribution is 2.45. The Bertz CT molecular complexity index is 1860. The number of hydrogen-bond acceptors (Lipinski definition) is 12. The highest BCUT2D eigenvalue weighted by atomic mass is 28.5. The van der Waals surface area contributed by atoms with Crippen molar-refractivity contribution in [2.45, 2.75) is 309 Å². The molecule has 0 amide bonds. The van der Waals surface area contributed by atoms with Gasteiger partial charge in [-0.1, -0.05) is 166 Å². The molecule has 6 aliphatic heterocycles. The Balaban J connectivity index is 0.000000487. The van der Waals surface area contributed by atoms with Gasteiger partial charge in [-0.3, -0.25) is 0 Å². The first-order chi connectivity index (χ1) is 35.5. The van der Waals surface area contributed by atoms with Crippen LogP contribution < -0.4 is 0 Å². The second kappa shape index (κ2) is 28.5. The third kappa shape index (κ3) is 16.9. The second-order valence-electron chi connectivity index (χ2n) is 34.4. The molecule has 31 heteroatoms. The second-order valence-corrected chi connectivity index (χ2v) is 116. The van der Waals surface area contributed by atoms with Gasteiger partial charge in [0.15, 0.2) is 104 Å². The summed E-state index contributed by atoms with van der Waals surface area (Å²) in [7, 11) is -17.6. The molecule has 6 fully saturated rings. The van der Waals surface area contributed by atoms with Gasteiger partial charge < -0.3 is 48.4 Å². The number of nitrogens with zero attached hydrogens (tertiary/aromatic N) is 12. The molecule has 12 nitrogen and oxygen atoms in total. The van der Waals surface area contributed by atoms with E-state index in [4.69, 9.17) is 0 Å². The van der Waals surface area contributed by atoms with Gasteiger partial charge in [-0.15, -0.1) is 0 Å². The Kier molecular flexibility index (Phi) is 29.1. The molecule has 0 aromatic carbocycles. The monoisotopic (exact) mass is 1450 g/mol. The molecule has 0 bridgehead atoms. The maximum atomic E-state index is 3.02. The lowest BCUT2D eigenvalue weighted by Crippen LogP contribution is -2.94. The van der Waals surface area contributed by atoms with E-state index in [1.807, 2.05) is 0 Å². The summed E-state index contributed by atoms with van der Waals surface area (Å²) >= 11 is 0. The molecular weight excluding hydrogens is 1300 g/mol. The summed E-state index contributed by atoms with van der Waals surface area (Å²) in [5.41, 5.74) is 0. The van der Waals surface area contributed by atoms with Crippen molar-refractivity contribution in [1.82, 2.24) is 48.4 Å². The molecular formula is C50H150N12Si19. The van der Waals surface area contributed by atoms with Crippen molar-refractivity contribution in [2.24, 2.45) is 0 Å². The smallest absolute Gasteiger partial charge is 0.182 e. The fraction of sp³-hybridized carbons (Fsp3) is 1.00. The summed E-state index contributed by atoms with van der Waals surface area (Å²) in [5.74, 6) is 0.